The Balaban J connectivity index is 1.95. The van der Waals surface area contributed by atoms with Crippen molar-refractivity contribution in [3.8, 4) is 0 Å². The Labute approximate surface area is 137 Å². The average molecular weight is 313 g/mol. The SMILES string of the molecule is CCCCNC(=O)c1cnc(Nc2ccc(N(C)C)cc2)cn1. The monoisotopic (exact) mass is 313 g/mol. The summed E-state index contributed by atoms with van der Waals surface area (Å²) in [6.07, 6.45) is 5.05. The number of unbranched alkanes of at least 4 members (excludes halogenated alkanes) is 1. The van der Waals surface area contributed by atoms with Crippen LogP contribution in [0.25, 0.3) is 0 Å². The van der Waals surface area contributed by atoms with E-state index in [9.17, 15) is 4.79 Å². The first-order valence-electron chi connectivity index (χ1n) is 7.75. The topological polar surface area (TPSA) is 70.2 Å². The number of benzene rings is 1. The fraction of sp³-hybridized carbons (Fsp3) is 0.353. The number of carbonyl (C=O) groups excluding carboxylic acids is 1. The van der Waals surface area contributed by atoms with Gasteiger partial charge in [-0.15, -0.1) is 0 Å². The minimum atomic E-state index is -0.187. The van der Waals surface area contributed by atoms with Crippen LogP contribution >= 0.6 is 0 Å². The van der Waals surface area contributed by atoms with E-state index in [-0.39, 0.29) is 5.91 Å². The summed E-state index contributed by atoms with van der Waals surface area (Å²) in [5, 5.41) is 5.98. The van der Waals surface area contributed by atoms with Gasteiger partial charge in [-0.05, 0) is 30.7 Å². The van der Waals surface area contributed by atoms with Crippen molar-refractivity contribution in [1.82, 2.24) is 15.3 Å². The second kappa shape index (κ2) is 8.12. The van der Waals surface area contributed by atoms with Crippen LogP contribution in [0.5, 0.6) is 0 Å². The van der Waals surface area contributed by atoms with Gasteiger partial charge in [0.05, 0.1) is 12.4 Å². The van der Waals surface area contributed by atoms with Gasteiger partial charge < -0.3 is 15.5 Å². The van der Waals surface area contributed by atoms with E-state index in [1.54, 1.807) is 6.20 Å². The molecule has 0 saturated heterocycles. The van der Waals surface area contributed by atoms with Crippen LogP contribution in [0.15, 0.2) is 36.7 Å². The third-order valence-electron chi connectivity index (χ3n) is 3.36. The number of aromatic nitrogens is 2. The summed E-state index contributed by atoms with van der Waals surface area (Å²) in [5.41, 5.74) is 2.38. The van der Waals surface area contributed by atoms with Crippen molar-refractivity contribution in [1.29, 1.82) is 0 Å². The summed E-state index contributed by atoms with van der Waals surface area (Å²) >= 11 is 0. The van der Waals surface area contributed by atoms with E-state index < -0.39 is 0 Å². The zero-order valence-corrected chi connectivity index (χ0v) is 13.8. The van der Waals surface area contributed by atoms with E-state index >= 15 is 0 Å². The number of anilines is 3. The van der Waals surface area contributed by atoms with Gasteiger partial charge in [-0.2, -0.15) is 0 Å². The van der Waals surface area contributed by atoms with Crippen molar-refractivity contribution < 1.29 is 4.79 Å². The van der Waals surface area contributed by atoms with Gasteiger partial charge in [0.15, 0.2) is 0 Å². The predicted molar refractivity (Wildman–Crippen MR) is 93.3 cm³/mol. The Hall–Kier alpha value is -2.63. The lowest BCUT2D eigenvalue weighted by atomic mass is 10.2. The Morgan fingerprint density at radius 1 is 1.13 bits per heavy atom. The van der Waals surface area contributed by atoms with Crippen molar-refractivity contribution in [2.24, 2.45) is 0 Å². The van der Waals surface area contributed by atoms with Crippen LogP contribution in [0, 0.1) is 0 Å². The van der Waals surface area contributed by atoms with Gasteiger partial charge >= 0.3 is 0 Å². The van der Waals surface area contributed by atoms with Crippen LogP contribution in [0.4, 0.5) is 17.2 Å². The lowest BCUT2D eigenvalue weighted by Gasteiger charge is -2.13. The Bertz CT molecular complexity index is 622. The Morgan fingerprint density at radius 3 is 2.43 bits per heavy atom. The van der Waals surface area contributed by atoms with E-state index in [0.717, 1.165) is 24.2 Å². The molecule has 0 atom stereocenters. The van der Waals surface area contributed by atoms with E-state index in [1.165, 1.54) is 6.20 Å². The summed E-state index contributed by atoms with van der Waals surface area (Å²) in [7, 11) is 4.00. The van der Waals surface area contributed by atoms with E-state index in [0.29, 0.717) is 18.1 Å². The summed E-state index contributed by atoms with van der Waals surface area (Å²) < 4.78 is 0. The summed E-state index contributed by atoms with van der Waals surface area (Å²) in [4.78, 5) is 22.3. The molecule has 0 unspecified atom stereocenters. The molecule has 2 rings (SSSR count). The molecule has 0 saturated carbocycles. The van der Waals surface area contributed by atoms with Crippen LogP contribution in [0.2, 0.25) is 0 Å². The highest BCUT2D eigenvalue weighted by atomic mass is 16.1. The van der Waals surface area contributed by atoms with Crippen molar-refractivity contribution in [3.63, 3.8) is 0 Å². The molecule has 0 bridgehead atoms. The van der Waals surface area contributed by atoms with Crippen molar-refractivity contribution >= 4 is 23.1 Å². The smallest absolute Gasteiger partial charge is 0.271 e. The molecular formula is C17H23N5O. The van der Waals surface area contributed by atoms with Crippen LogP contribution in [0.3, 0.4) is 0 Å². The first-order chi connectivity index (χ1) is 11.1. The average Bonchev–Trinajstić information content (AvgIpc) is 2.56. The normalized spacial score (nSPS) is 10.2. The molecule has 1 amide bonds. The first-order valence-corrected chi connectivity index (χ1v) is 7.75. The van der Waals surface area contributed by atoms with Crippen molar-refractivity contribution in [2.45, 2.75) is 19.8 Å². The number of rotatable bonds is 7. The van der Waals surface area contributed by atoms with Crippen LogP contribution in [-0.2, 0) is 0 Å². The maximum atomic E-state index is 11.9. The zero-order valence-electron chi connectivity index (χ0n) is 13.8. The minimum absolute atomic E-state index is 0.187. The molecule has 6 heteroatoms. The number of hydrogen-bond acceptors (Lipinski definition) is 5. The molecule has 23 heavy (non-hydrogen) atoms. The molecule has 1 aromatic heterocycles. The lowest BCUT2D eigenvalue weighted by Crippen LogP contribution is -2.25. The van der Waals surface area contributed by atoms with Gasteiger partial charge in [-0.3, -0.25) is 4.79 Å². The maximum Gasteiger partial charge on any atom is 0.271 e. The van der Waals surface area contributed by atoms with Gasteiger partial charge in [0.1, 0.15) is 11.5 Å². The third kappa shape index (κ3) is 4.95. The molecule has 0 aliphatic carbocycles. The molecule has 0 spiro atoms. The van der Waals surface area contributed by atoms with Gasteiger partial charge in [0.2, 0.25) is 0 Å². The summed E-state index contributed by atoms with van der Waals surface area (Å²) in [6, 6.07) is 7.99. The van der Waals surface area contributed by atoms with Gasteiger partial charge in [0.25, 0.3) is 5.91 Å². The summed E-state index contributed by atoms with van der Waals surface area (Å²) in [6.45, 7) is 2.74. The first kappa shape index (κ1) is 16.7. The fourth-order valence-electron chi connectivity index (χ4n) is 1.97. The molecule has 0 aliphatic heterocycles. The van der Waals surface area contributed by atoms with Crippen molar-refractivity contribution in [3.05, 3.63) is 42.4 Å². The predicted octanol–water partition coefficient (Wildman–Crippen LogP) is 2.82. The quantitative estimate of drug-likeness (QED) is 0.769. The Kier molecular flexibility index (Phi) is 5.91. The van der Waals surface area contributed by atoms with E-state index in [2.05, 4.69) is 27.5 Å². The number of nitrogens with one attached hydrogen (secondary N) is 2. The van der Waals surface area contributed by atoms with Gasteiger partial charge in [-0.1, -0.05) is 13.3 Å². The molecule has 6 nitrogen and oxygen atoms in total. The summed E-state index contributed by atoms with van der Waals surface area (Å²) in [5.74, 6) is 0.417. The highest BCUT2D eigenvalue weighted by Crippen LogP contribution is 2.18. The van der Waals surface area contributed by atoms with Gasteiger partial charge in [0, 0.05) is 32.0 Å². The molecule has 0 radical (unpaired) electrons. The second-order valence-electron chi connectivity index (χ2n) is 5.46. The zero-order chi connectivity index (χ0) is 16.7. The highest BCUT2D eigenvalue weighted by molar-refractivity contribution is 5.92. The van der Waals surface area contributed by atoms with Crippen LogP contribution in [-0.4, -0.2) is 36.5 Å². The molecular weight excluding hydrogens is 290 g/mol. The second-order valence-corrected chi connectivity index (χ2v) is 5.46. The maximum absolute atomic E-state index is 11.9. The third-order valence-corrected chi connectivity index (χ3v) is 3.36. The molecule has 0 fully saturated rings. The van der Waals surface area contributed by atoms with Crippen molar-refractivity contribution in [2.75, 3.05) is 30.9 Å². The molecule has 0 aliphatic rings. The van der Waals surface area contributed by atoms with Crippen LogP contribution in [0.1, 0.15) is 30.3 Å². The number of carbonyl (C=O) groups is 1. The fourth-order valence-corrected chi connectivity index (χ4v) is 1.97. The van der Waals surface area contributed by atoms with E-state index in [1.807, 2.05) is 43.3 Å². The molecule has 2 aromatic rings. The Morgan fingerprint density at radius 2 is 1.87 bits per heavy atom. The minimum Gasteiger partial charge on any atom is -0.378 e. The molecule has 1 heterocycles. The van der Waals surface area contributed by atoms with E-state index in [4.69, 9.17) is 0 Å². The molecule has 2 N–H and O–H groups in total. The standard InChI is InChI=1S/C17H23N5O/c1-4-5-10-18-17(23)15-11-20-16(12-19-15)21-13-6-8-14(9-7-13)22(2)3/h6-9,11-12H,4-5,10H2,1-3H3,(H,18,23)(H,20,21). The number of nitrogens with zero attached hydrogens (tertiary/aromatic N) is 3. The molecule has 122 valence electrons. The lowest BCUT2D eigenvalue weighted by molar-refractivity contribution is 0.0948. The number of hydrogen-bond donors (Lipinski definition) is 2. The van der Waals surface area contributed by atoms with Gasteiger partial charge in [-0.25, -0.2) is 9.97 Å². The largest absolute Gasteiger partial charge is 0.378 e. The molecule has 1 aromatic carbocycles. The van der Waals surface area contributed by atoms with Crippen LogP contribution < -0.4 is 15.5 Å². The number of amides is 1. The highest BCUT2D eigenvalue weighted by Gasteiger charge is 2.07.